The van der Waals surface area contributed by atoms with E-state index in [1.54, 1.807) is 48.5 Å². The zero-order chi connectivity index (χ0) is 16.1. The minimum atomic E-state index is -0.733. The summed E-state index contributed by atoms with van der Waals surface area (Å²) in [6.07, 6.45) is 1.40. The molecule has 2 unspecified atom stereocenters. The van der Waals surface area contributed by atoms with Gasteiger partial charge in [0.1, 0.15) is 0 Å². The molecule has 0 aliphatic rings. The van der Waals surface area contributed by atoms with Gasteiger partial charge >= 0.3 is 0 Å². The summed E-state index contributed by atoms with van der Waals surface area (Å²) < 4.78 is 0. The minimum absolute atomic E-state index is 0.112. The maximum atomic E-state index is 12.4. The van der Waals surface area contributed by atoms with Crippen molar-refractivity contribution in [2.45, 2.75) is 12.2 Å². The van der Waals surface area contributed by atoms with E-state index < -0.39 is 12.2 Å². The second-order valence-corrected chi connectivity index (χ2v) is 4.93. The summed E-state index contributed by atoms with van der Waals surface area (Å²) in [4.78, 5) is 12.4. The molecule has 3 heteroatoms. The Balaban J connectivity index is 2.20. The van der Waals surface area contributed by atoms with Crippen LogP contribution in [-0.2, 0) is 0 Å². The number of aliphatic hydroxyl groups is 2. The molecule has 2 N–H and O–H groups in total. The van der Waals surface area contributed by atoms with Crippen LogP contribution in [0.1, 0.15) is 39.3 Å². The van der Waals surface area contributed by atoms with Crippen LogP contribution < -0.4 is 0 Å². The highest BCUT2D eigenvalue weighted by molar-refractivity contribution is 6.09. The van der Waals surface area contributed by atoms with Crippen molar-refractivity contribution in [1.82, 2.24) is 0 Å². The van der Waals surface area contributed by atoms with Crippen molar-refractivity contribution in [3.63, 3.8) is 0 Å². The number of carbonyl (C=O) groups is 1. The van der Waals surface area contributed by atoms with Gasteiger partial charge in [-0.25, -0.2) is 0 Å². The van der Waals surface area contributed by atoms with E-state index >= 15 is 0 Å². The first-order valence-corrected chi connectivity index (χ1v) is 6.92. The van der Waals surface area contributed by atoms with Crippen LogP contribution in [0.25, 0.3) is 0 Å². The lowest BCUT2D eigenvalue weighted by Gasteiger charge is -2.08. The smallest absolute Gasteiger partial charge is 0.193 e. The number of aliphatic hydroxyl groups excluding tert-OH is 2. The topological polar surface area (TPSA) is 57.5 Å². The Hall–Kier alpha value is -2.49. The van der Waals surface area contributed by atoms with Gasteiger partial charge in [-0.15, -0.1) is 13.2 Å². The lowest BCUT2D eigenvalue weighted by molar-refractivity contribution is 0.103. The van der Waals surface area contributed by atoms with Gasteiger partial charge in [-0.05, 0) is 11.1 Å². The monoisotopic (exact) mass is 294 g/mol. The van der Waals surface area contributed by atoms with E-state index in [0.717, 1.165) is 0 Å². The molecule has 0 fully saturated rings. The van der Waals surface area contributed by atoms with Gasteiger partial charge in [0.2, 0.25) is 0 Å². The zero-order valence-electron chi connectivity index (χ0n) is 12.1. The molecule has 2 atom stereocenters. The Morgan fingerprint density at radius 2 is 1.09 bits per heavy atom. The van der Waals surface area contributed by atoms with Gasteiger partial charge in [0, 0.05) is 11.1 Å². The molecule has 3 nitrogen and oxygen atoms in total. The average molecular weight is 294 g/mol. The highest BCUT2D eigenvalue weighted by Crippen LogP contribution is 2.19. The zero-order valence-corrected chi connectivity index (χ0v) is 12.1. The maximum Gasteiger partial charge on any atom is 0.193 e. The molecule has 0 saturated carbocycles. The first kappa shape index (κ1) is 15.9. The van der Waals surface area contributed by atoms with Gasteiger partial charge < -0.3 is 10.2 Å². The van der Waals surface area contributed by atoms with Gasteiger partial charge in [0.15, 0.2) is 5.78 Å². The number of hydrogen-bond acceptors (Lipinski definition) is 3. The highest BCUT2D eigenvalue weighted by atomic mass is 16.3. The fourth-order valence-corrected chi connectivity index (χ4v) is 2.10. The molecule has 2 aromatic carbocycles. The van der Waals surface area contributed by atoms with E-state index in [0.29, 0.717) is 22.3 Å². The predicted octanol–water partition coefficient (Wildman–Crippen LogP) is 3.36. The summed E-state index contributed by atoms with van der Waals surface area (Å²) in [6.45, 7) is 7.05. The summed E-state index contributed by atoms with van der Waals surface area (Å²) in [5, 5.41) is 19.3. The van der Waals surface area contributed by atoms with E-state index in [1.807, 2.05) is 0 Å². The van der Waals surface area contributed by atoms with Crippen molar-refractivity contribution in [3.8, 4) is 0 Å². The maximum absolute atomic E-state index is 12.4. The quantitative estimate of drug-likeness (QED) is 0.634. The largest absolute Gasteiger partial charge is 0.384 e. The summed E-state index contributed by atoms with van der Waals surface area (Å²) in [7, 11) is 0. The van der Waals surface area contributed by atoms with E-state index in [-0.39, 0.29) is 5.78 Å². The number of benzene rings is 2. The third-order valence-corrected chi connectivity index (χ3v) is 3.48. The van der Waals surface area contributed by atoms with Crippen LogP contribution in [0.3, 0.4) is 0 Å². The van der Waals surface area contributed by atoms with E-state index in [1.165, 1.54) is 12.2 Å². The van der Waals surface area contributed by atoms with Crippen molar-refractivity contribution in [3.05, 3.63) is 96.1 Å². The molecule has 22 heavy (non-hydrogen) atoms. The van der Waals surface area contributed by atoms with Gasteiger partial charge in [-0.1, -0.05) is 60.7 Å². The van der Waals surface area contributed by atoms with Crippen LogP contribution in [0.15, 0.2) is 73.8 Å². The third kappa shape index (κ3) is 3.39. The van der Waals surface area contributed by atoms with Gasteiger partial charge in [-0.3, -0.25) is 4.79 Å². The number of carbonyl (C=O) groups excluding carboxylic acids is 1. The Kier molecular flexibility index (Phi) is 5.04. The first-order valence-electron chi connectivity index (χ1n) is 6.92. The molecule has 0 saturated heterocycles. The van der Waals surface area contributed by atoms with Crippen molar-refractivity contribution in [2.24, 2.45) is 0 Å². The van der Waals surface area contributed by atoms with E-state index in [4.69, 9.17) is 0 Å². The Labute approximate surface area is 129 Å². The molecule has 0 radical (unpaired) electrons. The standard InChI is InChI=1S/C19H18O3/c1-3-17(20)13-5-9-15(10-6-13)19(22)16-11-7-14(8-12-16)18(21)4-2/h3-12,17-18,20-21H,1-2H2. The Bertz CT molecular complexity index is 609. The van der Waals surface area contributed by atoms with Crippen molar-refractivity contribution in [2.75, 3.05) is 0 Å². The summed E-state index contributed by atoms with van der Waals surface area (Å²) in [5.41, 5.74) is 2.46. The normalized spacial score (nSPS) is 13.2. The lowest BCUT2D eigenvalue weighted by atomic mass is 9.99. The van der Waals surface area contributed by atoms with Crippen LogP contribution in [0, 0.1) is 0 Å². The van der Waals surface area contributed by atoms with E-state index in [9.17, 15) is 15.0 Å². The van der Waals surface area contributed by atoms with Crippen molar-refractivity contribution >= 4 is 5.78 Å². The van der Waals surface area contributed by atoms with Crippen LogP contribution >= 0.6 is 0 Å². The Morgan fingerprint density at radius 3 is 1.36 bits per heavy atom. The van der Waals surface area contributed by atoms with Crippen LogP contribution in [0.5, 0.6) is 0 Å². The summed E-state index contributed by atoms with van der Waals surface area (Å²) in [5.74, 6) is -0.112. The average Bonchev–Trinajstić information content (AvgIpc) is 2.60. The molecule has 0 aliphatic carbocycles. The van der Waals surface area contributed by atoms with Gasteiger partial charge in [0.25, 0.3) is 0 Å². The minimum Gasteiger partial charge on any atom is -0.384 e. The molecule has 2 aromatic rings. The molecule has 2 rings (SSSR count). The van der Waals surface area contributed by atoms with Crippen LogP contribution in [0.4, 0.5) is 0 Å². The molecular weight excluding hydrogens is 276 g/mol. The second-order valence-electron chi connectivity index (χ2n) is 4.93. The first-order chi connectivity index (χ1) is 10.6. The SMILES string of the molecule is C=CC(O)c1ccc(C(=O)c2ccc(C(O)C=C)cc2)cc1. The fraction of sp³-hybridized carbons (Fsp3) is 0.105. The summed E-state index contributed by atoms with van der Waals surface area (Å²) >= 11 is 0. The molecular formula is C19H18O3. The van der Waals surface area contributed by atoms with Crippen LogP contribution in [-0.4, -0.2) is 16.0 Å². The van der Waals surface area contributed by atoms with Crippen molar-refractivity contribution < 1.29 is 15.0 Å². The van der Waals surface area contributed by atoms with Crippen molar-refractivity contribution in [1.29, 1.82) is 0 Å². The van der Waals surface area contributed by atoms with Crippen LogP contribution in [0.2, 0.25) is 0 Å². The predicted molar refractivity (Wildman–Crippen MR) is 86.6 cm³/mol. The molecule has 0 aromatic heterocycles. The van der Waals surface area contributed by atoms with E-state index in [2.05, 4.69) is 13.2 Å². The third-order valence-electron chi connectivity index (χ3n) is 3.48. The second kappa shape index (κ2) is 6.98. The molecule has 0 heterocycles. The number of rotatable bonds is 6. The van der Waals surface area contributed by atoms with Gasteiger partial charge in [-0.2, -0.15) is 0 Å². The molecule has 112 valence electrons. The lowest BCUT2D eigenvalue weighted by Crippen LogP contribution is -2.03. The molecule has 0 amide bonds. The fourth-order valence-electron chi connectivity index (χ4n) is 2.10. The Morgan fingerprint density at radius 1 is 0.773 bits per heavy atom. The number of ketones is 1. The molecule has 0 spiro atoms. The number of hydrogen-bond donors (Lipinski definition) is 2. The van der Waals surface area contributed by atoms with Gasteiger partial charge in [0.05, 0.1) is 12.2 Å². The molecule has 0 aliphatic heterocycles. The highest BCUT2D eigenvalue weighted by Gasteiger charge is 2.11. The summed E-state index contributed by atoms with van der Waals surface area (Å²) in [6, 6.07) is 13.5. The molecule has 0 bridgehead atoms.